The van der Waals surface area contributed by atoms with Crippen LogP contribution in [0.25, 0.3) is 0 Å². The molecule has 1 unspecified atom stereocenters. The Morgan fingerprint density at radius 1 is 1.03 bits per heavy atom. The maximum absolute atomic E-state index is 10.0. The van der Waals surface area contributed by atoms with Crippen LogP contribution in [0.15, 0.2) is 47.6 Å². The largest absolute Gasteiger partial charge is 0.393 e. The van der Waals surface area contributed by atoms with Gasteiger partial charge in [-0.1, -0.05) is 76.6 Å². The Bertz CT molecular complexity index is 678. The molecule has 3 saturated carbocycles. The third-order valence-electron chi connectivity index (χ3n) is 8.63. The number of hydrogen-bond acceptors (Lipinski definition) is 1. The van der Waals surface area contributed by atoms with E-state index in [9.17, 15) is 5.11 Å². The van der Waals surface area contributed by atoms with Gasteiger partial charge in [0.1, 0.15) is 0 Å². The van der Waals surface area contributed by atoms with Crippen molar-refractivity contribution in [3.63, 3.8) is 0 Å². The second-order valence-electron chi connectivity index (χ2n) is 10.9. The van der Waals surface area contributed by atoms with Crippen LogP contribution < -0.4 is 0 Å². The molecule has 0 bridgehead atoms. The molecule has 3 aliphatic carbocycles. The Hall–Kier alpha value is -1.08. The van der Waals surface area contributed by atoms with Crippen LogP contribution in [0.4, 0.5) is 0 Å². The third kappa shape index (κ3) is 4.98. The van der Waals surface area contributed by atoms with Gasteiger partial charge in [-0.25, -0.2) is 0 Å². The molecule has 0 spiro atoms. The fourth-order valence-corrected chi connectivity index (χ4v) is 6.25. The molecule has 1 N–H and O–H groups in total. The fraction of sp³-hybridized carbons (Fsp3) is 0.714. The maximum atomic E-state index is 10.0. The quantitative estimate of drug-likeness (QED) is 0.473. The Balaban J connectivity index is 1.75. The van der Waals surface area contributed by atoms with E-state index in [0.717, 1.165) is 37.0 Å². The molecule has 29 heavy (non-hydrogen) atoms. The van der Waals surface area contributed by atoms with Gasteiger partial charge in [0.05, 0.1) is 6.10 Å². The van der Waals surface area contributed by atoms with Crippen LogP contribution in [0.5, 0.6) is 0 Å². The zero-order chi connectivity index (χ0) is 21.2. The molecule has 0 aromatic heterocycles. The maximum Gasteiger partial charge on any atom is 0.0583 e. The van der Waals surface area contributed by atoms with Crippen LogP contribution in [0, 0.1) is 35.0 Å². The van der Waals surface area contributed by atoms with E-state index < -0.39 is 0 Å². The lowest BCUT2D eigenvalue weighted by Gasteiger charge is -2.44. The zero-order valence-corrected chi connectivity index (χ0v) is 19.6. The van der Waals surface area contributed by atoms with Gasteiger partial charge in [-0.15, -0.1) is 0 Å². The minimum atomic E-state index is -0.182. The molecule has 1 nitrogen and oxygen atoms in total. The third-order valence-corrected chi connectivity index (χ3v) is 8.63. The lowest BCUT2D eigenvalue weighted by atomic mass is 9.61. The normalized spacial score (nSPS) is 38.2. The van der Waals surface area contributed by atoms with E-state index in [0.29, 0.717) is 17.3 Å². The van der Waals surface area contributed by atoms with Crippen molar-refractivity contribution in [1.82, 2.24) is 0 Å². The van der Waals surface area contributed by atoms with Crippen molar-refractivity contribution in [2.45, 2.75) is 92.1 Å². The summed E-state index contributed by atoms with van der Waals surface area (Å²) in [6, 6.07) is 0. The van der Waals surface area contributed by atoms with Gasteiger partial charge in [0.2, 0.25) is 0 Å². The number of aliphatic hydroxyl groups is 1. The highest BCUT2D eigenvalue weighted by molar-refractivity contribution is 5.36. The van der Waals surface area contributed by atoms with E-state index in [1.54, 1.807) is 5.57 Å². The molecule has 1 heteroatoms. The number of aliphatic hydroxyl groups excluding tert-OH is 1. The molecule has 0 aromatic carbocycles. The van der Waals surface area contributed by atoms with E-state index >= 15 is 0 Å². The van der Waals surface area contributed by atoms with Crippen LogP contribution in [0.3, 0.4) is 0 Å². The SMILES string of the molecule is C=C1CC[C@H](O)C/C1=C/C=C1\CCC[C@@]2(C)C1CC[C@H]2[C@H](C)/C=C/[C@H](C)C(C)C. The first kappa shape index (κ1) is 22.6. The summed E-state index contributed by atoms with van der Waals surface area (Å²) < 4.78 is 0. The van der Waals surface area contributed by atoms with Gasteiger partial charge >= 0.3 is 0 Å². The second kappa shape index (κ2) is 9.38. The Labute approximate surface area is 180 Å². The van der Waals surface area contributed by atoms with Crippen LogP contribution in [0.1, 0.15) is 86.0 Å². The van der Waals surface area contributed by atoms with E-state index in [1.807, 2.05) is 0 Å². The molecule has 0 saturated heterocycles. The van der Waals surface area contributed by atoms with E-state index in [4.69, 9.17) is 0 Å². The number of allylic oxidation sites excluding steroid dienone is 6. The minimum absolute atomic E-state index is 0.182. The van der Waals surface area contributed by atoms with Gasteiger partial charge in [-0.3, -0.25) is 0 Å². The average Bonchev–Trinajstić information content (AvgIpc) is 3.04. The minimum Gasteiger partial charge on any atom is -0.393 e. The van der Waals surface area contributed by atoms with Crippen molar-refractivity contribution in [1.29, 1.82) is 0 Å². The first-order chi connectivity index (χ1) is 13.7. The summed E-state index contributed by atoms with van der Waals surface area (Å²) in [5, 5.41) is 10.0. The van der Waals surface area contributed by atoms with E-state index in [1.165, 1.54) is 43.3 Å². The number of fused-ring (bicyclic) bond motifs is 1. The van der Waals surface area contributed by atoms with Gasteiger partial charge in [-0.2, -0.15) is 0 Å². The van der Waals surface area contributed by atoms with Crippen LogP contribution >= 0.6 is 0 Å². The summed E-state index contributed by atoms with van der Waals surface area (Å²) in [5.74, 6) is 3.58. The molecule has 3 fully saturated rings. The summed E-state index contributed by atoms with van der Waals surface area (Å²) >= 11 is 0. The highest BCUT2D eigenvalue weighted by Crippen LogP contribution is 2.59. The number of hydrogen-bond donors (Lipinski definition) is 1. The number of rotatable bonds is 5. The lowest BCUT2D eigenvalue weighted by Crippen LogP contribution is -2.35. The molecule has 3 rings (SSSR count). The van der Waals surface area contributed by atoms with Gasteiger partial charge in [0.15, 0.2) is 0 Å². The van der Waals surface area contributed by atoms with E-state index in [2.05, 4.69) is 65.5 Å². The molecular weight excluding hydrogens is 352 g/mol. The highest BCUT2D eigenvalue weighted by Gasteiger charge is 2.50. The van der Waals surface area contributed by atoms with Crippen LogP contribution in [-0.4, -0.2) is 11.2 Å². The van der Waals surface area contributed by atoms with E-state index in [-0.39, 0.29) is 6.10 Å². The van der Waals surface area contributed by atoms with Crippen LogP contribution in [0.2, 0.25) is 0 Å². The van der Waals surface area contributed by atoms with Crippen molar-refractivity contribution >= 4 is 0 Å². The topological polar surface area (TPSA) is 20.2 Å². The average molecular weight is 397 g/mol. The monoisotopic (exact) mass is 396 g/mol. The van der Waals surface area contributed by atoms with Gasteiger partial charge in [0, 0.05) is 0 Å². The Morgan fingerprint density at radius 3 is 2.52 bits per heavy atom. The van der Waals surface area contributed by atoms with Crippen molar-refractivity contribution < 1.29 is 5.11 Å². The highest BCUT2D eigenvalue weighted by atomic mass is 16.3. The molecule has 162 valence electrons. The second-order valence-corrected chi connectivity index (χ2v) is 10.9. The first-order valence-electron chi connectivity index (χ1n) is 12.2. The molecule has 0 heterocycles. The lowest BCUT2D eigenvalue weighted by molar-refractivity contribution is 0.112. The summed E-state index contributed by atoms with van der Waals surface area (Å²) in [5.41, 5.74) is 4.61. The Morgan fingerprint density at radius 2 is 1.79 bits per heavy atom. The van der Waals surface area contributed by atoms with Crippen LogP contribution in [-0.2, 0) is 0 Å². The van der Waals surface area contributed by atoms with Gasteiger partial charge in [0.25, 0.3) is 0 Å². The zero-order valence-electron chi connectivity index (χ0n) is 19.6. The molecule has 0 amide bonds. The predicted molar refractivity (Wildman–Crippen MR) is 126 cm³/mol. The van der Waals surface area contributed by atoms with Crippen molar-refractivity contribution in [2.75, 3.05) is 0 Å². The van der Waals surface area contributed by atoms with Crippen molar-refractivity contribution in [3.8, 4) is 0 Å². The first-order valence-corrected chi connectivity index (χ1v) is 12.2. The predicted octanol–water partition coefficient (Wildman–Crippen LogP) is 7.64. The molecule has 0 radical (unpaired) electrons. The Kier molecular flexibility index (Phi) is 7.31. The molecule has 3 aliphatic rings. The summed E-state index contributed by atoms with van der Waals surface area (Å²) in [7, 11) is 0. The molecule has 0 aliphatic heterocycles. The summed E-state index contributed by atoms with van der Waals surface area (Å²) in [6.45, 7) is 16.3. The van der Waals surface area contributed by atoms with Crippen molar-refractivity contribution in [3.05, 3.63) is 47.6 Å². The standard InChI is InChI=1S/C28H44O/c1-19(2)20(3)9-10-22(5)26-15-16-27-23(8-7-17-28(26,27)6)12-13-24-18-25(29)14-11-21(24)4/h9-10,12-13,19-20,22,25-27,29H,4,7-8,11,14-18H2,1-3,5-6H3/b10-9+,23-12+,24-13-/t20-,22+,25-,26-,27?,28+/m0/s1. The smallest absolute Gasteiger partial charge is 0.0583 e. The summed E-state index contributed by atoms with van der Waals surface area (Å²) in [4.78, 5) is 0. The molecular formula is C28H44O. The fourth-order valence-electron chi connectivity index (χ4n) is 6.25. The molecule has 6 atom stereocenters. The van der Waals surface area contributed by atoms with Gasteiger partial charge in [-0.05, 0) is 91.9 Å². The summed E-state index contributed by atoms with van der Waals surface area (Å²) in [6.07, 6.45) is 18.8. The van der Waals surface area contributed by atoms with Crippen molar-refractivity contribution in [2.24, 2.45) is 35.0 Å². The van der Waals surface area contributed by atoms with Gasteiger partial charge < -0.3 is 5.11 Å². The molecule has 0 aromatic rings.